The van der Waals surface area contributed by atoms with Gasteiger partial charge in [0, 0.05) is 16.1 Å². The molecule has 152 valence electrons. The maximum absolute atomic E-state index is 12.8. The van der Waals surface area contributed by atoms with Crippen LogP contribution in [0.5, 0.6) is 0 Å². The van der Waals surface area contributed by atoms with Gasteiger partial charge in [0.1, 0.15) is 11.6 Å². The number of hydrogen-bond donors (Lipinski definition) is 0. The van der Waals surface area contributed by atoms with E-state index in [1.807, 2.05) is 39.2 Å². The van der Waals surface area contributed by atoms with Crippen molar-refractivity contribution in [2.24, 2.45) is 0 Å². The highest BCUT2D eigenvalue weighted by Gasteiger charge is 2.39. The number of morpholine rings is 1. The van der Waals surface area contributed by atoms with Crippen molar-refractivity contribution in [1.82, 2.24) is 4.90 Å². The molecule has 0 saturated carbocycles. The molecule has 1 aliphatic heterocycles. The lowest BCUT2D eigenvalue weighted by molar-refractivity contribution is -0.0621. The van der Waals surface area contributed by atoms with Gasteiger partial charge in [-0.1, -0.05) is 30.0 Å². The van der Waals surface area contributed by atoms with E-state index in [-0.39, 0.29) is 12.1 Å². The van der Waals surface area contributed by atoms with Crippen molar-refractivity contribution < 1.29 is 19.0 Å². The lowest BCUT2D eigenvalue weighted by Crippen LogP contribution is -2.53. The van der Waals surface area contributed by atoms with E-state index in [4.69, 9.17) is 26.4 Å². The predicted molar refractivity (Wildman–Crippen MR) is 119 cm³/mol. The van der Waals surface area contributed by atoms with Gasteiger partial charge < -0.3 is 14.2 Å². The fourth-order valence-corrected chi connectivity index (χ4v) is 4.50. The topological polar surface area (TPSA) is 48.0 Å². The van der Waals surface area contributed by atoms with E-state index in [1.165, 1.54) is 16.5 Å². The summed E-state index contributed by atoms with van der Waals surface area (Å²) >= 11 is 8.37. The number of hydrogen-bond acceptors (Lipinski definition) is 7. The number of nitrogens with zero attached hydrogens (tertiary/aromatic N) is 1. The minimum Gasteiger partial charge on any atom is -0.467 e. The summed E-state index contributed by atoms with van der Waals surface area (Å²) in [7, 11) is 0. The summed E-state index contributed by atoms with van der Waals surface area (Å²) in [6, 6.07) is 9.97. The van der Waals surface area contributed by atoms with Crippen LogP contribution in [0.3, 0.4) is 0 Å². The Morgan fingerprint density at radius 2 is 2.14 bits per heavy atom. The average Bonchev–Trinajstić information content (AvgIpc) is 3.08. The fraction of sp³-hybridized carbons (Fsp3) is 0.500. The molecule has 0 N–H and O–H groups in total. The number of thiocarbonyl (C=S) groups is 1. The van der Waals surface area contributed by atoms with Crippen molar-refractivity contribution in [2.75, 3.05) is 26.0 Å². The van der Waals surface area contributed by atoms with Gasteiger partial charge in [0.05, 0.1) is 13.2 Å². The molecule has 3 rings (SSSR count). The third kappa shape index (κ3) is 5.17. The molecule has 0 radical (unpaired) electrons. The summed E-state index contributed by atoms with van der Waals surface area (Å²) in [4.78, 5) is 15.6. The molecule has 1 amide bonds. The Hall–Kier alpha value is -1.35. The van der Waals surface area contributed by atoms with E-state index in [1.54, 1.807) is 16.2 Å². The normalized spacial score (nSPS) is 18.7. The van der Waals surface area contributed by atoms with Crippen LogP contribution in [0, 0.1) is 0 Å². The lowest BCUT2D eigenvalue weighted by Gasteiger charge is -2.39. The molecule has 0 spiro atoms. The number of benzene rings is 1. The number of thioether (sulfide) groups is 1. The second-order valence-electron chi connectivity index (χ2n) is 7.50. The van der Waals surface area contributed by atoms with Crippen LogP contribution in [0.15, 0.2) is 30.3 Å². The van der Waals surface area contributed by atoms with Crippen LogP contribution < -0.4 is 0 Å². The first-order valence-electron chi connectivity index (χ1n) is 9.09. The number of fused-ring (bicyclic) bond motifs is 1. The third-order valence-corrected chi connectivity index (χ3v) is 6.46. The first kappa shape index (κ1) is 21.4. The zero-order chi connectivity index (χ0) is 20.3. The smallest absolute Gasteiger partial charge is 0.410 e. The van der Waals surface area contributed by atoms with Crippen molar-refractivity contribution in [3.8, 4) is 0 Å². The Kier molecular flexibility index (Phi) is 6.85. The molecule has 28 heavy (non-hydrogen) atoms. The van der Waals surface area contributed by atoms with Crippen molar-refractivity contribution in [2.45, 2.75) is 38.5 Å². The van der Waals surface area contributed by atoms with Gasteiger partial charge >= 0.3 is 6.09 Å². The van der Waals surface area contributed by atoms with Crippen LogP contribution in [0.1, 0.15) is 31.8 Å². The van der Waals surface area contributed by atoms with Gasteiger partial charge in [0.15, 0.2) is 6.10 Å². The Bertz CT molecular complexity index is 812. The van der Waals surface area contributed by atoms with E-state index in [2.05, 4.69) is 18.2 Å². The quantitative estimate of drug-likeness (QED) is 0.610. The molecular formula is C20H25NO4S3. The highest BCUT2D eigenvalue weighted by atomic mass is 32.2. The number of carbonyl (C=O) groups excluding carboxylic acids is 1. The largest absolute Gasteiger partial charge is 0.467 e. The minimum atomic E-state index is -0.567. The summed E-state index contributed by atoms with van der Waals surface area (Å²) in [5.74, 6) is 0. The van der Waals surface area contributed by atoms with Crippen LogP contribution in [-0.2, 0) is 14.2 Å². The van der Waals surface area contributed by atoms with Gasteiger partial charge in [-0.2, -0.15) is 0 Å². The van der Waals surface area contributed by atoms with E-state index >= 15 is 0 Å². The monoisotopic (exact) mass is 439 g/mol. The summed E-state index contributed by atoms with van der Waals surface area (Å²) in [6.07, 6.45) is 1.11. The summed E-state index contributed by atoms with van der Waals surface area (Å²) < 4.78 is 19.1. The average molecular weight is 440 g/mol. The first-order chi connectivity index (χ1) is 13.3. The van der Waals surface area contributed by atoms with Crippen molar-refractivity contribution >= 4 is 55.9 Å². The molecule has 2 heterocycles. The van der Waals surface area contributed by atoms with E-state index < -0.39 is 11.7 Å². The van der Waals surface area contributed by atoms with E-state index in [9.17, 15) is 4.79 Å². The Labute approximate surface area is 179 Å². The molecule has 1 aromatic carbocycles. The van der Waals surface area contributed by atoms with Gasteiger partial charge in [0.2, 0.25) is 4.38 Å². The van der Waals surface area contributed by atoms with Crippen LogP contribution in [0.2, 0.25) is 0 Å². The molecule has 2 unspecified atom stereocenters. The Balaban J connectivity index is 1.94. The zero-order valence-electron chi connectivity index (χ0n) is 16.5. The third-order valence-electron chi connectivity index (χ3n) is 4.26. The molecule has 8 heteroatoms. The fourth-order valence-electron chi connectivity index (χ4n) is 3.04. The van der Waals surface area contributed by atoms with E-state index in [0.717, 1.165) is 10.3 Å². The first-order valence-corrected chi connectivity index (χ1v) is 11.5. The van der Waals surface area contributed by atoms with Gasteiger partial charge in [-0.25, -0.2) is 4.79 Å². The maximum atomic E-state index is 12.8. The van der Waals surface area contributed by atoms with Crippen molar-refractivity contribution in [1.29, 1.82) is 0 Å². The summed E-state index contributed by atoms with van der Waals surface area (Å²) in [5, 5.41) is 1.15. The van der Waals surface area contributed by atoms with Crippen LogP contribution in [0.4, 0.5) is 4.79 Å². The Morgan fingerprint density at radius 1 is 1.39 bits per heavy atom. The molecule has 5 nitrogen and oxygen atoms in total. The molecule has 1 saturated heterocycles. The molecule has 0 bridgehead atoms. The molecule has 2 aromatic rings. The van der Waals surface area contributed by atoms with Crippen molar-refractivity contribution in [3.63, 3.8) is 0 Å². The van der Waals surface area contributed by atoms with Gasteiger partial charge in [0.25, 0.3) is 0 Å². The SMILES string of the molecule is CSC(=S)OC(c1cc2ccccc2s1)C1COCCN1C(=O)OC(C)(C)C. The second kappa shape index (κ2) is 8.98. The molecule has 1 aromatic heterocycles. The Morgan fingerprint density at radius 3 is 2.82 bits per heavy atom. The number of thiophene rings is 1. The van der Waals surface area contributed by atoms with Gasteiger partial charge in [-0.3, -0.25) is 4.90 Å². The number of carbonyl (C=O) groups is 1. The van der Waals surface area contributed by atoms with Crippen molar-refractivity contribution in [3.05, 3.63) is 35.2 Å². The second-order valence-corrected chi connectivity index (χ2v) is 10.0. The highest BCUT2D eigenvalue weighted by Crippen LogP contribution is 2.37. The van der Waals surface area contributed by atoms with Gasteiger partial charge in [-0.15, -0.1) is 11.3 Å². The van der Waals surface area contributed by atoms with Crippen LogP contribution in [0.25, 0.3) is 10.1 Å². The molecule has 1 aliphatic rings. The predicted octanol–water partition coefficient (Wildman–Crippen LogP) is 5.24. The number of ether oxygens (including phenoxy) is 3. The molecule has 2 atom stereocenters. The van der Waals surface area contributed by atoms with Gasteiger partial charge in [-0.05, 0) is 56.8 Å². The highest BCUT2D eigenvalue weighted by molar-refractivity contribution is 8.22. The zero-order valence-corrected chi connectivity index (χ0v) is 18.9. The maximum Gasteiger partial charge on any atom is 0.410 e. The summed E-state index contributed by atoms with van der Waals surface area (Å²) in [5.41, 5.74) is -0.567. The molecule has 1 fully saturated rings. The minimum absolute atomic E-state index is 0.318. The van der Waals surface area contributed by atoms with E-state index in [0.29, 0.717) is 24.1 Å². The van der Waals surface area contributed by atoms with Crippen LogP contribution in [-0.4, -0.2) is 53.0 Å². The summed E-state index contributed by atoms with van der Waals surface area (Å²) in [6.45, 7) is 6.89. The standard InChI is InChI=1S/C20H25NO4S3/c1-20(2,3)25-18(22)21-9-10-23-12-14(21)17(24-19(26)27-4)16-11-13-7-5-6-8-15(13)28-16/h5-8,11,14,17H,9-10,12H2,1-4H3. The number of rotatable bonds is 3. The van der Waals surface area contributed by atoms with Crippen LogP contribution >= 0.6 is 35.3 Å². The lowest BCUT2D eigenvalue weighted by atomic mass is 10.1. The molecule has 0 aliphatic carbocycles. The molecular weight excluding hydrogens is 414 g/mol. The number of amides is 1.